The predicted octanol–water partition coefficient (Wildman–Crippen LogP) is 1.01. The first-order valence-electron chi connectivity index (χ1n) is 3.84. The first-order chi connectivity index (χ1) is 5.86. The summed E-state index contributed by atoms with van der Waals surface area (Å²) in [4.78, 5) is 19.3. The van der Waals surface area contributed by atoms with Crippen molar-refractivity contribution in [1.29, 1.82) is 0 Å². The molecule has 0 amide bonds. The Balaban J connectivity index is 2.48. The van der Waals surface area contributed by atoms with Gasteiger partial charge < -0.3 is 0 Å². The number of fused-ring (bicyclic) bond motifs is 1. The van der Waals surface area contributed by atoms with Crippen LogP contribution in [0, 0.1) is 0 Å². The number of carbonyl (C=O) groups is 1. The van der Waals surface area contributed by atoms with E-state index in [0.29, 0.717) is 12.8 Å². The summed E-state index contributed by atoms with van der Waals surface area (Å²) in [5.74, 6) is 0.200. The molecule has 12 heavy (non-hydrogen) atoms. The molecule has 0 atom stereocenters. The van der Waals surface area contributed by atoms with Crippen LogP contribution in [0.1, 0.15) is 17.8 Å². The number of ketones is 1. The van der Waals surface area contributed by atoms with Gasteiger partial charge in [0.1, 0.15) is 5.78 Å². The van der Waals surface area contributed by atoms with E-state index in [-0.39, 0.29) is 5.78 Å². The van der Waals surface area contributed by atoms with E-state index in [0.717, 1.165) is 11.4 Å². The van der Waals surface area contributed by atoms with E-state index < -0.39 is 0 Å². The Labute approximate surface area is 70.2 Å². The SMILES string of the molecule is O=C1CC=Cc2nccnc2C1. The molecule has 1 aromatic rings. The minimum atomic E-state index is 0.200. The predicted molar refractivity (Wildman–Crippen MR) is 44.4 cm³/mol. The Bertz CT molecular complexity index is 344. The number of nitrogens with zero attached hydrogens (tertiary/aromatic N) is 2. The number of carbonyl (C=O) groups excluding carboxylic acids is 1. The normalized spacial score (nSPS) is 15.5. The summed E-state index contributed by atoms with van der Waals surface area (Å²) in [5, 5.41) is 0. The van der Waals surface area contributed by atoms with Crippen molar-refractivity contribution >= 4 is 11.9 Å². The quantitative estimate of drug-likeness (QED) is 0.568. The van der Waals surface area contributed by atoms with Gasteiger partial charge in [0, 0.05) is 18.8 Å². The summed E-state index contributed by atoms with van der Waals surface area (Å²) in [6.07, 6.45) is 7.86. The van der Waals surface area contributed by atoms with Gasteiger partial charge in [0.15, 0.2) is 0 Å². The van der Waals surface area contributed by atoms with E-state index >= 15 is 0 Å². The lowest BCUT2D eigenvalue weighted by atomic mass is 10.2. The standard InChI is InChI=1S/C9H8N2O/c12-7-2-1-3-8-9(6-7)11-5-4-10-8/h1,3-5H,2,6H2. The van der Waals surface area contributed by atoms with Crippen molar-refractivity contribution in [1.82, 2.24) is 9.97 Å². The molecule has 0 fully saturated rings. The molecule has 60 valence electrons. The van der Waals surface area contributed by atoms with Crippen molar-refractivity contribution in [2.24, 2.45) is 0 Å². The molecule has 0 radical (unpaired) electrons. The Morgan fingerprint density at radius 2 is 2.08 bits per heavy atom. The first kappa shape index (κ1) is 7.16. The minimum Gasteiger partial charge on any atom is -0.299 e. The van der Waals surface area contributed by atoms with Crippen LogP contribution in [0.4, 0.5) is 0 Å². The molecule has 3 nitrogen and oxygen atoms in total. The zero-order valence-corrected chi connectivity index (χ0v) is 6.53. The average molecular weight is 160 g/mol. The van der Waals surface area contributed by atoms with Gasteiger partial charge in [-0.25, -0.2) is 0 Å². The summed E-state index contributed by atoms with van der Waals surface area (Å²) in [6, 6.07) is 0. The lowest BCUT2D eigenvalue weighted by Crippen LogP contribution is -2.03. The van der Waals surface area contributed by atoms with E-state index in [4.69, 9.17) is 0 Å². The van der Waals surface area contributed by atoms with Gasteiger partial charge in [-0.3, -0.25) is 14.8 Å². The van der Waals surface area contributed by atoms with Gasteiger partial charge in [0.25, 0.3) is 0 Å². The zero-order chi connectivity index (χ0) is 8.39. The molecule has 2 rings (SSSR count). The maximum atomic E-state index is 11.1. The molecule has 0 saturated heterocycles. The first-order valence-corrected chi connectivity index (χ1v) is 3.84. The third-order valence-electron chi connectivity index (χ3n) is 1.79. The largest absolute Gasteiger partial charge is 0.299 e. The number of hydrogen-bond acceptors (Lipinski definition) is 3. The van der Waals surface area contributed by atoms with Gasteiger partial charge in [0.05, 0.1) is 17.8 Å². The molecule has 0 saturated carbocycles. The number of Topliss-reactive ketones (excluding diaryl/α,β-unsaturated/α-hetero) is 1. The topological polar surface area (TPSA) is 42.9 Å². The maximum Gasteiger partial charge on any atom is 0.142 e. The van der Waals surface area contributed by atoms with Gasteiger partial charge in [-0.2, -0.15) is 0 Å². The van der Waals surface area contributed by atoms with E-state index in [1.165, 1.54) is 0 Å². The smallest absolute Gasteiger partial charge is 0.142 e. The fourth-order valence-corrected chi connectivity index (χ4v) is 1.21. The number of allylic oxidation sites excluding steroid dienone is 1. The molecule has 1 aromatic heterocycles. The van der Waals surface area contributed by atoms with Crippen molar-refractivity contribution in [2.75, 3.05) is 0 Å². The van der Waals surface area contributed by atoms with Crippen LogP contribution in [-0.2, 0) is 11.2 Å². The minimum absolute atomic E-state index is 0.200. The second kappa shape index (κ2) is 2.85. The second-order valence-corrected chi connectivity index (χ2v) is 2.71. The van der Waals surface area contributed by atoms with E-state index in [9.17, 15) is 4.79 Å². The van der Waals surface area contributed by atoms with Crippen LogP contribution >= 0.6 is 0 Å². The van der Waals surface area contributed by atoms with Gasteiger partial charge in [-0.05, 0) is 6.08 Å². The van der Waals surface area contributed by atoms with Crippen molar-refractivity contribution in [3.8, 4) is 0 Å². The summed E-state index contributed by atoms with van der Waals surface area (Å²) in [6.45, 7) is 0. The van der Waals surface area contributed by atoms with Crippen molar-refractivity contribution in [3.05, 3.63) is 29.9 Å². The Morgan fingerprint density at radius 1 is 1.25 bits per heavy atom. The third-order valence-corrected chi connectivity index (χ3v) is 1.79. The van der Waals surface area contributed by atoms with Gasteiger partial charge in [0.2, 0.25) is 0 Å². The lowest BCUT2D eigenvalue weighted by molar-refractivity contribution is -0.117. The highest BCUT2D eigenvalue weighted by atomic mass is 16.1. The van der Waals surface area contributed by atoms with Crippen LogP contribution in [0.25, 0.3) is 6.08 Å². The van der Waals surface area contributed by atoms with E-state index in [1.807, 2.05) is 12.2 Å². The third kappa shape index (κ3) is 1.25. The van der Waals surface area contributed by atoms with Crippen LogP contribution < -0.4 is 0 Å². The summed E-state index contributed by atoms with van der Waals surface area (Å²) >= 11 is 0. The zero-order valence-electron chi connectivity index (χ0n) is 6.53. The fraction of sp³-hybridized carbons (Fsp3) is 0.222. The van der Waals surface area contributed by atoms with Gasteiger partial charge in [-0.15, -0.1) is 0 Å². The molecule has 0 aliphatic heterocycles. The maximum absolute atomic E-state index is 11.1. The van der Waals surface area contributed by atoms with Crippen LogP contribution in [0.5, 0.6) is 0 Å². The molecule has 0 aromatic carbocycles. The summed E-state index contributed by atoms with van der Waals surface area (Å²) in [7, 11) is 0. The highest BCUT2D eigenvalue weighted by Crippen LogP contribution is 2.11. The Hall–Kier alpha value is -1.51. The van der Waals surface area contributed by atoms with Gasteiger partial charge in [-0.1, -0.05) is 6.08 Å². The molecule has 1 aliphatic rings. The molecule has 1 heterocycles. The van der Waals surface area contributed by atoms with E-state index in [2.05, 4.69) is 9.97 Å². The number of hydrogen-bond donors (Lipinski definition) is 0. The molecular weight excluding hydrogens is 152 g/mol. The molecular formula is C9H8N2O. The second-order valence-electron chi connectivity index (χ2n) is 2.71. The van der Waals surface area contributed by atoms with Gasteiger partial charge >= 0.3 is 0 Å². The monoisotopic (exact) mass is 160 g/mol. The fourth-order valence-electron chi connectivity index (χ4n) is 1.21. The Kier molecular flexibility index (Phi) is 1.70. The average Bonchev–Trinajstić information content (AvgIpc) is 2.25. The van der Waals surface area contributed by atoms with Crippen LogP contribution in [0.15, 0.2) is 18.5 Å². The van der Waals surface area contributed by atoms with Crippen molar-refractivity contribution in [2.45, 2.75) is 12.8 Å². The molecule has 0 N–H and O–H groups in total. The van der Waals surface area contributed by atoms with Crippen LogP contribution in [0.3, 0.4) is 0 Å². The van der Waals surface area contributed by atoms with E-state index in [1.54, 1.807) is 12.4 Å². The summed E-state index contributed by atoms with van der Waals surface area (Å²) in [5.41, 5.74) is 1.61. The van der Waals surface area contributed by atoms with Crippen molar-refractivity contribution in [3.63, 3.8) is 0 Å². The van der Waals surface area contributed by atoms with Crippen LogP contribution in [-0.4, -0.2) is 15.8 Å². The molecule has 0 spiro atoms. The highest BCUT2D eigenvalue weighted by molar-refractivity contribution is 5.84. The highest BCUT2D eigenvalue weighted by Gasteiger charge is 2.10. The number of aromatic nitrogens is 2. The molecule has 0 unspecified atom stereocenters. The Morgan fingerprint density at radius 3 is 3.00 bits per heavy atom. The van der Waals surface area contributed by atoms with Crippen LogP contribution in [0.2, 0.25) is 0 Å². The summed E-state index contributed by atoms with van der Waals surface area (Å²) < 4.78 is 0. The van der Waals surface area contributed by atoms with Crippen molar-refractivity contribution < 1.29 is 4.79 Å². The molecule has 0 bridgehead atoms. The lowest BCUT2D eigenvalue weighted by Gasteiger charge is -1.97. The number of rotatable bonds is 0. The molecule has 1 aliphatic carbocycles. The molecule has 3 heteroatoms.